The second-order valence-corrected chi connectivity index (χ2v) is 5.48. The molecule has 86 valence electrons. The number of hydrogen-bond donors (Lipinski definition) is 0. The molecule has 16 heavy (non-hydrogen) atoms. The Hall–Kier alpha value is -1.11. The van der Waals surface area contributed by atoms with Crippen molar-refractivity contribution in [3.63, 3.8) is 0 Å². The zero-order valence-electron chi connectivity index (χ0n) is 10.6. The molecule has 1 aliphatic rings. The second kappa shape index (κ2) is 4.04. The highest BCUT2D eigenvalue weighted by Crippen LogP contribution is 2.36. The van der Waals surface area contributed by atoms with Crippen LogP contribution in [0.3, 0.4) is 0 Å². The third-order valence-corrected chi connectivity index (χ3v) is 3.55. The zero-order chi connectivity index (χ0) is 11.9. The lowest BCUT2D eigenvalue weighted by Crippen LogP contribution is -2.12. The first-order valence-corrected chi connectivity index (χ1v) is 6.16. The lowest BCUT2D eigenvalue weighted by Gasteiger charge is -2.15. The molecule has 0 fully saturated rings. The largest absolute Gasteiger partial charge is 0.299 e. The van der Waals surface area contributed by atoms with Gasteiger partial charge in [-0.2, -0.15) is 0 Å². The van der Waals surface area contributed by atoms with Crippen LogP contribution in [0.25, 0.3) is 0 Å². The van der Waals surface area contributed by atoms with Crippen molar-refractivity contribution < 1.29 is 4.79 Å². The topological polar surface area (TPSA) is 17.1 Å². The molecule has 0 saturated heterocycles. The summed E-state index contributed by atoms with van der Waals surface area (Å²) >= 11 is 0. The van der Waals surface area contributed by atoms with Crippen molar-refractivity contribution in [3.05, 3.63) is 34.9 Å². The average Bonchev–Trinajstić information content (AvgIpc) is 2.51. The fourth-order valence-corrected chi connectivity index (χ4v) is 2.64. The van der Waals surface area contributed by atoms with Gasteiger partial charge in [-0.25, -0.2) is 0 Å². The van der Waals surface area contributed by atoms with Crippen molar-refractivity contribution in [2.24, 2.45) is 5.92 Å². The molecular weight excluding hydrogens is 196 g/mol. The average molecular weight is 216 g/mol. The van der Waals surface area contributed by atoms with Crippen molar-refractivity contribution in [3.8, 4) is 0 Å². The molecule has 0 aromatic heterocycles. The van der Waals surface area contributed by atoms with E-state index >= 15 is 0 Å². The summed E-state index contributed by atoms with van der Waals surface area (Å²) in [6, 6.07) is 6.57. The molecular formula is C15H20O. The fourth-order valence-electron chi connectivity index (χ4n) is 2.64. The van der Waals surface area contributed by atoms with Crippen molar-refractivity contribution in [1.29, 1.82) is 0 Å². The van der Waals surface area contributed by atoms with Gasteiger partial charge in [-0.15, -0.1) is 0 Å². The minimum Gasteiger partial charge on any atom is -0.299 e. The second-order valence-electron chi connectivity index (χ2n) is 5.48. The van der Waals surface area contributed by atoms with Crippen LogP contribution < -0.4 is 0 Å². The maximum Gasteiger partial charge on any atom is 0.144 e. The predicted octanol–water partition coefficient (Wildman–Crippen LogP) is 3.67. The van der Waals surface area contributed by atoms with Crippen LogP contribution in [0.15, 0.2) is 18.2 Å². The summed E-state index contributed by atoms with van der Waals surface area (Å²) in [5.74, 6) is 1.49. The van der Waals surface area contributed by atoms with E-state index in [9.17, 15) is 4.79 Å². The Morgan fingerprint density at radius 3 is 2.44 bits per heavy atom. The summed E-state index contributed by atoms with van der Waals surface area (Å²) in [6.45, 7) is 8.65. The number of Topliss-reactive ketones (excluding diaryl/α,β-unsaturated/α-hetero) is 1. The van der Waals surface area contributed by atoms with Gasteiger partial charge < -0.3 is 0 Å². The third kappa shape index (κ3) is 1.79. The van der Waals surface area contributed by atoms with E-state index in [4.69, 9.17) is 0 Å². The van der Waals surface area contributed by atoms with Gasteiger partial charge >= 0.3 is 0 Å². The van der Waals surface area contributed by atoms with Gasteiger partial charge in [-0.1, -0.05) is 45.9 Å². The number of fused-ring (bicyclic) bond motifs is 1. The molecule has 1 nitrogen and oxygen atoms in total. The highest BCUT2D eigenvalue weighted by molar-refractivity contribution is 5.92. The molecule has 0 aliphatic heterocycles. The van der Waals surface area contributed by atoms with Gasteiger partial charge in [-0.3, -0.25) is 4.79 Å². The minimum atomic E-state index is 0.135. The lowest BCUT2D eigenvalue weighted by molar-refractivity contribution is -0.119. The Balaban J connectivity index is 2.42. The van der Waals surface area contributed by atoms with Gasteiger partial charge in [0.15, 0.2) is 0 Å². The monoisotopic (exact) mass is 216 g/mol. The standard InChI is InChI=1S/C15H20O/c1-9(2)11-5-6-13-12(7-11)8-14(16)15(13)10(3)4/h5-7,9-10,15H,8H2,1-4H3. The molecule has 1 aromatic carbocycles. The summed E-state index contributed by atoms with van der Waals surface area (Å²) in [5.41, 5.74) is 3.87. The highest BCUT2D eigenvalue weighted by atomic mass is 16.1. The lowest BCUT2D eigenvalue weighted by atomic mass is 9.88. The summed E-state index contributed by atoms with van der Waals surface area (Å²) < 4.78 is 0. The van der Waals surface area contributed by atoms with E-state index in [1.165, 1.54) is 16.7 Å². The Labute approximate surface area is 97.9 Å². The molecule has 0 amide bonds. The summed E-state index contributed by atoms with van der Waals surface area (Å²) in [7, 11) is 0. The van der Waals surface area contributed by atoms with E-state index < -0.39 is 0 Å². The molecule has 0 radical (unpaired) electrons. The first-order chi connectivity index (χ1) is 7.50. The Morgan fingerprint density at radius 2 is 1.88 bits per heavy atom. The van der Waals surface area contributed by atoms with E-state index in [0.29, 0.717) is 24.0 Å². The summed E-state index contributed by atoms with van der Waals surface area (Å²) in [5, 5.41) is 0. The van der Waals surface area contributed by atoms with Gasteiger partial charge in [0.05, 0.1) is 0 Å². The number of hydrogen-bond acceptors (Lipinski definition) is 1. The first kappa shape index (κ1) is 11.4. The molecule has 1 atom stereocenters. The maximum atomic E-state index is 12.0. The quantitative estimate of drug-likeness (QED) is 0.737. The Bertz CT molecular complexity index is 415. The molecule has 0 spiro atoms. The molecule has 0 N–H and O–H groups in total. The molecule has 0 heterocycles. The van der Waals surface area contributed by atoms with Crippen LogP contribution >= 0.6 is 0 Å². The van der Waals surface area contributed by atoms with E-state index in [-0.39, 0.29) is 5.92 Å². The third-order valence-electron chi connectivity index (χ3n) is 3.55. The van der Waals surface area contributed by atoms with Crippen molar-refractivity contribution in [2.45, 2.75) is 46.0 Å². The number of ketones is 1. The maximum absolute atomic E-state index is 12.0. The van der Waals surface area contributed by atoms with Crippen molar-refractivity contribution >= 4 is 5.78 Å². The number of carbonyl (C=O) groups is 1. The van der Waals surface area contributed by atoms with Crippen LogP contribution in [0, 0.1) is 5.92 Å². The van der Waals surface area contributed by atoms with E-state index in [0.717, 1.165) is 0 Å². The number of rotatable bonds is 2. The molecule has 1 aliphatic carbocycles. The van der Waals surface area contributed by atoms with Gasteiger partial charge in [0.25, 0.3) is 0 Å². The molecule has 0 bridgehead atoms. The minimum absolute atomic E-state index is 0.135. The predicted molar refractivity (Wildman–Crippen MR) is 66.8 cm³/mol. The van der Waals surface area contributed by atoms with Crippen LogP contribution in [0.1, 0.15) is 56.2 Å². The smallest absolute Gasteiger partial charge is 0.144 e. The SMILES string of the molecule is CC(C)c1ccc2c(c1)CC(=O)C2C(C)C. The number of carbonyl (C=O) groups excluding carboxylic acids is 1. The van der Waals surface area contributed by atoms with Gasteiger partial charge in [0.1, 0.15) is 5.78 Å². The van der Waals surface area contributed by atoms with Gasteiger partial charge in [0.2, 0.25) is 0 Å². The van der Waals surface area contributed by atoms with Crippen molar-refractivity contribution in [2.75, 3.05) is 0 Å². The van der Waals surface area contributed by atoms with E-state index in [1.807, 2.05) is 0 Å². The van der Waals surface area contributed by atoms with E-state index in [1.54, 1.807) is 0 Å². The highest BCUT2D eigenvalue weighted by Gasteiger charge is 2.32. The van der Waals surface area contributed by atoms with E-state index in [2.05, 4.69) is 45.9 Å². The van der Waals surface area contributed by atoms with Gasteiger partial charge in [-0.05, 0) is 28.5 Å². The van der Waals surface area contributed by atoms with Crippen LogP contribution in [0.5, 0.6) is 0 Å². The van der Waals surface area contributed by atoms with Crippen LogP contribution in [0.4, 0.5) is 0 Å². The van der Waals surface area contributed by atoms with Crippen LogP contribution in [-0.4, -0.2) is 5.78 Å². The fraction of sp³-hybridized carbons (Fsp3) is 0.533. The molecule has 1 heteroatoms. The molecule has 1 unspecified atom stereocenters. The van der Waals surface area contributed by atoms with Crippen LogP contribution in [0.2, 0.25) is 0 Å². The normalized spacial score (nSPS) is 19.6. The summed E-state index contributed by atoms with van der Waals surface area (Å²) in [4.78, 5) is 12.0. The summed E-state index contributed by atoms with van der Waals surface area (Å²) in [6.07, 6.45) is 0.638. The number of benzene rings is 1. The molecule has 1 aromatic rings. The Morgan fingerprint density at radius 1 is 1.19 bits per heavy atom. The van der Waals surface area contributed by atoms with Crippen LogP contribution in [-0.2, 0) is 11.2 Å². The zero-order valence-corrected chi connectivity index (χ0v) is 10.6. The van der Waals surface area contributed by atoms with Crippen molar-refractivity contribution in [1.82, 2.24) is 0 Å². The Kier molecular flexibility index (Phi) is 2.88. The van der Waals surface area contributed by atoms with Gasteiger partial charge in [0, 0.05) is 12.3 Å². The molecule has 0 saturated carbocycles. The first-order valence-electron chi connectivity index (χ1n) is 6.16. The molecule has 2 rings (SSSR count).